The van der Waals surface area contributed by atoms with Crippen LogP contribution < -0.4 is 0 Å². The molecule has 3 nitrogen and oxygen atoms in total. The summed E-state index contributed by atoms with van der Waals surface area (Å²) in [5.74, 6) is 0.0827. The number of para-hydroxylation sites is 1. The van der Waals surface area contributed by atoms with Crippen molar-refractivity contribution in [2.45, 2.75) is 10.3 Å². The Kier molecular flexibility index (Phi) is 4.36. The number of carbonyl (C=O) groups excluding carboxylic acids is 1. The van der Waals surface area contributed by atoms with E-state index in [2.05, 4.69) is 9.97 Å². The van der Waals surface area contributed by atoms with Gasteiger partial charge >= 0.3 is 0 Å². The molecule has 4 aromatic rings. The van der Waals surface area contributed by atoms with E-state index >= 15 is 0 Å². The van der Waals surface area contributed by atoms with Crippen molar-refractivity contribution in [2.24, 2.45) is 0 Å². The van der Waals surface area contributed by atoms with Crippen molar-refractivity contribution in [3.8, 4) is 0 Å². The van der Waals surface area contributed by atoms with Crippen LogP contribution in [0.2, 0.25) is 0 Å². The van der Waals surface area contributed by atoms with Crippen LogP contribution in [0, 0.1) is 0 Å². The summed E-state index contributed by atoms with van der Waals surface area (Å²) < 4.78 is 0. The minimum absolute atomic E-state index is 0.0827. The SMILES string of the molecule is O=C(c1c[nH]c2ccccc12)C(Sc1ccccn1)c1ccccc1. The average molecular weight is 344 g/mol. The summed E-state index contributed by atoms with van der Waals surface area (Å²) in [6, 6.07) is 23.5. The van der Waals surface area contributed by atoms with Gasteiger partial charge in [-0.2, -0.15) is 0 Å². The molecular formula is C21H16N2OS. The van der Waals surface area contributed by atoms with E-state index in [4.69, 9.17) is 0 Å². The number of hydrogen-bond acceptors (Lipinski definition) is 3. The highest BCUT2D eigenvalue weighted by atomic mass is 32.2. The minimum atomic E-state index is -0.338. The van der Waals surface area contributed by atoms with Crippen molar-refractivity contribution in [2.75, 3.05) is 0 Å². The maximum Gasteiger partial charge on any atom is 0.182 e. The molecule has 2 heterocycles. The van der Waals surface area contributed by atoms with E-state index in [9.17, 15) is 4.79 Å². The maximum atomic E-state index is 13.4. The predicted molar refractivity (Wildman–Crippen MR) is 102 cm³/mol. The molecule has 4 rings (SSSR count). The Morgan fingerprint density at radius 1 is 0.920 bits per heavy atom. The third-order valence-corrected chi connectivity index (χ3v) is 5.28. The molecule has 0 aliphatic heterocycles. The van der Waals surface area contributed by atoms with Gasteiger partial charge in [0, 0.05) is 28.9 Å². The highest BCUT2D eigenvalue weighted by molar-refractivity contribution is 8.00. The molecule has 0 saturated heterocycles. The van der Waals surface area contributed by atoms with Crippen molar-refractivity contribution in [3.05, 3.63) is 96.3 Å². The molecule has 1 N–H and O–H groups in total. The summed E-state index contributed by atoms with van der Waals surface area (Å²) in [5, 5.41) is 1.45. The van der Waals surface area contributed by atoms with Crippen LogP contribution in [0.25, 0.3) is 10.9 Å². The number of nitrogens with one attached hydrogen (secondary N) is 1. The van der Waals surface area contributed by atoms with Gasteiger partial charge in [0.1, 0.15) is 0 Å². The predicted octanol–water partition coefficient (Wildman–Crippen LogP) is 5.28. The van der Waals surface area contributed by atoms with E-state index in [0.29, 0.717) is 5.56 Å². The lowest BCUT2D eigenvalue weighted by molar-refractivity contribution is 0.0991. The molecule has 0 saturated carbocycles. The lowest BCUT2D eigenvalue weighted by Crippen LogP contribution is -2.10. The number of H-pyrrole nitrogens is 1. The van der Waals surface area contributed by atoms with Crippen LogP contribution in [0.3, 0.4) is 0 Å². The van der Waals surface area contributed by atoms with Gasteiger partial charge in [-0.15, -0.1) is 0 Å². The average Bonchev–Trinajstić information content (AvgIpc) is 3.11. The summed E-state index contributed by atoms with van der Waals surface area (Å²) in [4.78, 5) is 20.9. The van der Waals surface area contributed by atoms with Crippen LogP contribution in [-0.2, 0) is 0 Å². The summed E-state index contributed by atoms with van der Waals surface area (Å²) >= 11 is 1.48. The summed E-state index contributed by atoms with van der Waals surface area (Å²) in [7, 11) is 0. The molecular weight excluding hydrogens is 328 g/mol. The Morgan fingerprint density at radius 2 is 1.68 bits per heavy atom. The smallest absolute Gasteiger partial charge is 0.182 e. The largest absolute Gasteiger partial charge is 0.360 e. The molecule has 0 aliphatic carbocycles. The van der Waals surface area contributed by atoms with E-state index in [1.165, 1.54) is 11.8 Å². The number of thioether (sulfide) groups is 1. The second-order valence-electron chi connectivity index (χ2n) is 5.69. The molecule has 0 amide bonds. The fourth-order valence-electron chi connectivity index (χ4n) is 2.85. The van der Waals surface area contributed by atoms with E-state index in [0.717, 1.165) is 21.5 Å². The second kappa shape index (κ2) is 6.95. The number of nitrogens with zero attached hydrogens (tertiary/aromatic N) is 1. The van der Waals surface area contributed by atoms with Crippen LogP contribution in [0.1, 0.15) is 21.2 Å². The molecule has 1 atom stereocenters. The van der Waals surface area contributed by atoms with Gasteiger partial charge in [-0.1, -0.05) is 66.4 Å². The molecule has 122 valence electrons. The van der Waals surface area contributed by atoms with Gasteiger partial charge in [0.15, 0.2) is 5.78 Å². The van der Waals surface area contributed by atoms with Gasteiger partial charge in [0.05, 0.1) is 10.3 Å². The standard InChI is InChI=1S/C21H16N2OS/c24-20(17-14-23-18-11-5-4-10-16(17)18)21(15-8-2-1-3-9-15)25-19-12-6-7-13-22-19/h1-14,21,23H. The Hall–Kier alpha value is -2.85. The maximum absolute atomic E-state index is 13.4. The van der Waals surface area contributed by atoms with Gasteiger partial charge in [-0.05, 0) is 23.8 Å². The Bertz CT molecular complexity index is 996. The topological polar surface area (TPSA) is 45.8 Å². The highest BCUT2D eigenvalue weighted by Crippen LogP contribution is 2.38. The van der Waals surface area contributed by atoms with Gasteiger partial charge in [0.25, 0.3) is 0 Å². The van der Waals surface area contributed by atoms with Crippen molar-refractivity contribution in [1.82, 2.24) is 9.97 Å². The fourth-order valence-corrected chi connectivity index (χ4v) is 3.90. The Morgan fingerprint density at radius 3 is 2.48 bits per heavy atom. The van der Waals surface area contributed by atoms with Crippen LogP contribution >= 0.6 is 11.8 Å². The fraction of sp³-hybridized carbons (Fsp3) is 0.0476. The number of benzene rings is 2. The molecule has 0 radical (unpaired) electrons. The Balaban J connectivity index is 1.76. The van der Waals surface area contributed by atoms with E-state index in [1.54, 1.807) is 6.20 Å². The highest BCUT2D eigenvalue weighted by Gasteiger charge is 2.25. The molecule has 0 fully saturated rings. The summed E-state index contributed by atoms with van der Waals surface area (Å²) in [5.41, 5.74) is 2.67. The van der Waals surface area contributed by atoms with Crippen molar-refractivity contribution >= 4 is 28.4 Å². The quantitative estimate of drug-likeness (QED) is 0.396. The molecule has 2 aromatic carbocycles. The Labute approximate surface area is 150 Å². The van der Waals surface area contributed by atoms with Crippen LogP contribution in [0.5, 0.6) is 0 Å². The van der Waals surface area contributed by atoms with Crippen LogP contribution in [0.15, 0.2) is 90.2 Å². The first-order valence-electron chi connectivity index (χ1n) is 8.06. The zero-order valence-corrected chi connectivity index (χ0v) is 14.2. The number of hydrogen-bond donors (Lipinski definition) is 1. The number of carbonyl (C=O) groups is 1. The minimum Gasteiger partial charge on any atom is -0.360 e. The van der Waals surface area contributed by atoms with Crippen LogP contribution in [0.4, 0.5) is 0 Å². The third-order valence-electron chi connectivity index (χ3n) is 4.07. The molecule has 4 heteroatoms. The summed E-state index contributed by atoms with van der Waals surface area (Å²) in [6.07, 6.45) is 3.56. The third kappa shape index (κ3) is 3.21. The van der Waals surface area contributed by atoms with Gasteiger partial charge in [-0.25, -0.2) is 4.98 Å². The lowest BCUT2D eigenvalue weighted by atomic mass is 10.0. The summed E-state index contributed by atoms with van der Waals surface area (Å²) in [6.45, 7) is 0. The van der Waals surface area contributed by atoms with Crippen LogP contribution in [-0.4, -0.2) is 15.8 Å². The number of fused-ring (bicyclic) bond motifs is 1. The molecule has 2 aromatic heterocycles. The van der Waals surface area contributed by atoms with E-state index < -0.39 is 0 Å². The zero-order chi connectivity index (χ0) is 17.1. The monoisotopic (exact) mass is 344 g/mol. The number of ketones is 1. The number of Topliss-reactive ketones (excluding diaryl/α,β-unsaturated/α-hetero) is 1. The van der Waals surface area contributed by atoms with Gasteiger partial charge < -0.3 is 4.98 Å². The van der Waals surface area contributed by atoms with Crippen molar-refractivity contribution in [1.29, 1.82) is 0 Å². The number of rotatable bonds is 5. The zero-order valence-electron chi connectivity index (χ0n) is 13.4. The lowest BCUT2D eigenvalue weighted by Gasteiger charge is -2.15. The normalized spacial score (nSPS) is 12.2. The molecule has 0 aliphatic rings. The molecule has 25 heavy (non-hydrogen) atoms. The van der Waals surface area contributed by atoms with Gasteiger partial charge in [-0.3, -0.25) is 4.79 Å². The van der Waals surface area contributed by atoms with E-state index in [1.807, 2.05) is 79.0 Å². The number of pyridine rings is 1. The first kappa shape index (κ1) is 15.7. The number of aromatic nitrogens is 2. The van der Waals surface area contributed by atoms with Crippen molar-refractivity contribution < 1.29 is 4.79 Å². The second-order valence-corrected chi connectivity index (χ2v) is 6.81. The first-order valence-corrected chi connectivity index (χ1v) is 8.94. The van der Waals surface area contributed by atoms with Crippen molar-refractivity contribution in [3.63, 3.8) is 0 Å². The molecule has 0 bridgehead atoms. The molecule has 0 spiro atoms. The molecule has 1 unspecified atom stereocenters. The first-order chi connectivity index (χ1) is 12.3. The van der Waals surface area contributed by atoms with E-state index in [-0.39, 0.29) is 11.0 Å². The number of aromatic amines is 1. The van der Waals surface area contributed by atoms with Gasteiger partial charge in [0.2, 0.25) is 0 Å².